The fraction of sp³-hybridized carbons (Fsp3) is 0.111. The lowest BCUT2D eigenvalue weighted by atomic mass is 10.2. The number of carbonyl (C=O) groups is 1. The lowest BCUT2D eigenvalue weighted by molar-refractivity contribution is 0.0590. The first-order valence-corrected chi connectivity index (χ1v) is 5.69. The zero-order chi connectivity index (χ0) is 11.9. The van der Waals surface area contributed by atoms with E-state index in [2.05, 4.69) is 41.6 Å². The van der Waals surface area contributed by atoms with Gasteiger partial charge in [-0.05, 0) is 31.9 Å². The molecule has 7 heteroatoms. The molecule has 0 bridgehead atoms. The summed E-state index contributed by atoms with van der Waals surface area (Å²) in [6, 6.07) is 1.55. The maximum absolute atomic E-state index is 11.3. The number of hydrogen-bond donors (Lipinski definition) is 1. The van der Waals surface area contributed by atoms with Crippen LogP contribution in [0.25, 0.3) is 11.0 Å². The van der Waals surface area contributed by atoms with E-state index in [1.807, 2.05) is 0 Å². The average molecular weight is 351 g/mol. The first-order chi connectivity index (χ1) is 7.54. The van der Waals surface area contributed by atoms with Gasteiger partial charge in [0.25, 0.3) is 0 Å². The summed E-state index contributed by atoms with van der Waals surface area (Å²) in [5.41, 5.74) is 0.201. The van der Waals surface area contributed by atoms with Gasteiger partial charge in [0.15, 0.2) is 26.3 Å². The number of aromatic nitrogens is 1. The highest BCUT2D eigenvalue weighted by Crippen LogP contribution is 2.36. The van der Waals surface area contributed by atoms with Crippen LogP contribution in [0, 0.1) is 0 Å². The van der Waals surface area contributed by atoms with Crippen LogP contribution < -0.4 is 0 Å². The minimum atomic E-state index is -0.711. The molecule has 0 spiro atoms. The van der Waals surface area contributed by atoms with Crippen LogP contribution >= 0.6 is 31.9 Å². The van der Waals surface area contributed by atoms with Gasteiger partial charge in [0, 0.05) is 6.07 Å². The zero-order valence-corrected chi connectivity index (χ0v) is 11.1. The van der Waals surface area contributed by atoms with E-state index in [1.165, 1.54) is 7.11 Å². The summed E-state index contributed by atoms with van der Waals surface area (Å²) in [5, 5.41) is 10.2. The fourth-order valence-electron chi connectivity index (χ4n) is 1.26. The highest BCUT2D eigenvalue weighted by molar-refractivity contribution is 9.10. The number of hydrogen-bond acceptors (Lipinski definition) is 5. The van der Waals surface area contributed by atoms with Crippen LogP contribution in [0.1, 0.15) is 10.5 Å². The van der Waals surface area contributed by atoms with Gasteiger partial charge in [-0.1, -0.05) is 0 Å². The van der Waals surface area contributed by atoms with Gasteiger partial charge in [-0.3, -0.25) is 0 Å². The number of ether oxygens (including phenoxy) is 1. The predicted octanol–water partition coefficient (Wildman–Crippen LogP) is 2.85. The summed E-state index contributed by atoms with van der Waals surface area (Å²) in [4.78, 5) is 15.2. The number of pyridine rings is 1. The molecule has 0 aliphatic heterocycles. The van der Waals surface area contributed by atoms with Gasteiger partial charge in [0.1, 0.15) is 0 Å². The Morgan fingerprint density at radius 3 is 2.88 bits per heavy atom. The highest BCUT2D eigenvalue weighted by atomic mass is 79.9. The maximum Gasteiger partial charge on any atom is 0.360 e. The van der Waals surface area contributed by atoms with E-state index in [0.29, 0.717) is 20.2 Å². The summed E-state index contributed by atoms with van der Waals surface area (Å²) < 4.78 is 10.5. The zero-order valence-electron chi connectivity index (χ0n) is 7.95. The van der Waals surface area contributed by atoms with Gasteiger partial charge in [0.2, 0.25) is 0 Å². The molecule has 84 valence electrons. The largest absolute Gasteiger partial charge is 0.505 e. The summed E-state index contributed by atoms with van der Waals surface area (Å²) in [6.45, 7) is 0. The lowest BCUT2D eigenvalue weighted by Gasteiger charge is -2.03. The Bertz CT molecular complexity index is 578. The summed E-state index contributed by atoms with van der Waals surface area (Å²) >= 11 is 6.28. The molecule has 0 radical (unpaired) electrons. The van der Waals surface area contributed by atoms with Crippen molar-refractivity contribution < 1.29 is 19.1 Å². The van der Waals surface area contributed by atoms with Crippen LogP contribution in [-0.2, 0) is 4.74 Å². The standard InChI is InChI=1S/C9H5Br2NO4/c1-15-9(14)5-6(13)3-2-4(10)16-7(3)8(11)12-5/h2,13H,1H3. The molecule has 0 amide bonds. The number of methoxy groups -OCH3 is 1. The van der Waals surface area contributed by atoms with Crippen LogP contribution in [0.5, 0.6) is 5.75 Å². The number of rotatable bonds is 1. The second-order valence-electron chi connectivity index (χ2n) is 2.88. The Kier molecular flexibility index (Phi) is 2.90. The Hall–Kier alpha value is -1.08. The summed E-state index contributed by atoms with van der Waals surface area (Å²) in [6.07, 6.45) is 0. The topological polar surface area (TPSA) is 72.6 Å². The van der Waals surface area contributed by atoms with Crippen molar-refractivity contribution in [1.29, 1.82) is 0 Å². The van der Waals surface area contributed by atoms with Crippen molar-refractivity contribution in [3.05, 3.63) is 21.0 Å². The third kappa shape index (κ3) is 1.69. The van der Waals surface area contributed by atoms with Gasteiger partial charge >= 0.3 is 5.97 Å². The molecule has 2 rings (SSSR count). The average Bonchev–Trinajstić information content (AvgIpc) is 2.65. The van der Waals surface area contributed by atoms with Crippen molar-refractivity contribution in [2.24, 2.45) is 0 Å². The second kappa shape index (κ2) is 4.06. The number of halogens is 2. The Labute approximate surface area is 107 Å². The van der Waals surface area contributed by atoms with Gasteiger partial charge in [0.05, 0.1) is 12.5 Å². The molecule has 2 aromatic rings. The number of carbonyl (C=O) groups excluding carboxylic acids is 1. The molecule has 1 N–H and O–H groups in total. The van der Waals surface area contributed by atoms with Gasteiger partial charge in [-0.2, -0.15) is 0 Å². The minimum Gasteiger partial charge on any atom is -0.505 e. The third-order valence-electron chi connectivity index (χ3n) is 1.96. The molecule has 0 aromatic carbocycles. The number of esters is 1. The normalized spacial score (nSPS) is 10.7. The molecular formula is C9H5Br2NO4. The quantitative estimate of drug-likeness (QED) is 0.632. The van der Waals surface area contributed by atoms with E-state index < -0.39 is 5.97 Å². The van der Waals surface area contributed by atoms with Gasteiger partial charge in [-0.25, -0.2) is 9.78 Å². The van der Waals surface area contributed by atoms with E-state index >= 15 is 0 Å². The Morgan fingerprint density at radius 2 is 2.25 bits per heavy atom. The molecule has 2 heterocycles. The third-order valence-corrected chi connectivity index (χ3v) is 2.89. The summed E-state index contributed by atoms with van der Waals surface area (Å²) in [5.74, 6) is -0.975. The van der Waals surface area contributed by atoms with Crippen LogP contribution in [0.3, 0.4) is 0 Å². The van der Waals surface area contributed by atoms with Crippen molar-refractivity contribution in [2.45, 2.75) is 0 Å². The maximum atomic E-state index is 11.3. The fourth-order valence-corrected chi connectivity index (χ4v) is 2.12. The molecule has 16 heavy (non-hydrogen) atoms. The van der Waals surface area contributed by atoms with E-state index in [1.54, 1.807) is 6.07 Å². The molecule has 0 unspecified atom stereocenters. The van der Waals surface area contributed by atoms with Crippen LogP contribution in [-0.4, -0.2) is 23.2 Å². The molecule has 0 aliphatic rings. The van der Waals surface area contributed by atoms with Crippen molar-refractivity contribution >= 4 is 48.8 Å². The minimum absolute atomic E-state index is 0.157. The number of furan rings is 1. The lowest BCUT2D eigenvalue weighted by Crippen LogP contribution is -2.05. The van der Waals surface area contributed by atoms with E-state index in [-0.39, 0.29) is 11.4 Å². The van der Waals surface area contributed by atoms with Gasteiger partial charge in [-0.15, -0.1) is 0 Å². The first kappa shape index (κ1) is 11.4. The van der Waals surface area contributed by atoms with Crippen LogP contribution in [0.2, 0.25) is 0 Å². The van der Waals surface area contributed by atoms with E-state index in [0.717, 1.165) is 0 Å². The van der Waals surface area contributed by atoms with E-state index in [9.17, 15) is 9.90 Å². The SMILES string of the molecule is COC(=O)c1nc(Br)c2oc(Br)cc2c1O. The van der Waals surface area contributed by atoms with Crippen molar-refractivity contribution in [3.8, 4) is 5.75 Å². The Balaban J connectivity index is 2.79. The second-order valence-corrected chi connectivity index (χ2v) is 4.42. The number of nitrogens with zero attached hydrogens (tertiary/aromatic N) is 1. The van der Waals surface area contributed by atoms with Crippen LogP contribution in [0.4, 0.5) is 0 Å². The smallest absolute Gasteiger partial charge is 0.360 e. The molecule has 0 saturated carbocycles. The molecule has 0 saturated heterocycles. The molecule has 5 nitrogen and oxygen atoms in total. The van der Waals surface area contributed by atoms with Crippen molar-refractivity contribution in [2.75, 3.05) is 7.11 Å². The van der Waals surface area contributed by atoms with Crippen molar-refractivity contribution in [1.82, 2.24) is 4.98 Å². The number of aromatic hydroxyl groups is 1. The molecule has 0 atom stereocenters. The van der Waals surface area contributed by atoms with E-state index in [4.69, 9.17) is 4.42 Å². The van der Waals surface area contributed by atoms with Gasteiger partial charge < -0.3 is 14.3 Å². The predicted molar refractivity (Wildman–Crippen MR) is 62.4 cm³/mol. The highest BCUT2D eigenvalue weighted by Gasteiger charge is 2.21. The Morgan fingerprint density at radius 1 is 1.56 bits per heavy atom. The number of fused-ring (bicyclic) bond motifs is 1. The molecular weight excluding hydrogens is 346 g/mol. The molecule has 0 fully saturated rings. The van der Waals surface area contributed by atoms with Crippen molar-refractivity contribution in [3.63, 3.8) is 0 Å². The molecule has 0 aliphatic carbocycles. The van der Waals surface area contributed by atoms with Crippen LogP contribution in [0.15, 0.2) is 19.8 Å². The first-order valence-electron chi connectivity index (χ1n) is 4.10. The molecule has 2 aromatic heterocycles. The summed E-state index contributed by atoms with van der Waals surface area (Å²) in [7, 11) is 1.22. The monoisotopic (exact) mass is 349 g/mol.